The predicted octanol–water partition coefficient (Wildman–Crippen LogP) is 11.6. The van der Waals surface area contributed by atoms with Crippen molar-refractivity contribution in [2.24, 2.45) is 0 Å². The van der Waals surface area contributed by atoms with Crippen LogP contribution in [0, 0.1) is 0 Å². The van der Waals surface area contributed by atoms with Gasteiger partial charge in [-0.3, -0.25) is 0 Å². The van der Waals surface area contributed by atoms with Crippen LogP contribution in [0.2, 0.25) is 0 Å². The Hall–Kier alpha value is -5.08. The summed E-state index contributed by atoms with van der Waals surface area (Å²) in [5.74, 6) is 0. The van der Waals surface area contributed by atoms with Crippen molar-refractivity contribution in [3.8, 4) is 16.8 Å². The highest BCUT2D eigenvalue weighted by Crippen LogP contribution is 2.50. The maximum Gasteiger partial charge on any atom is 0.0583 e. The Bertz CT molecular complexity index is 2050. The largest absolute Gasteiger partial charge is 0.310 e. The number of hydrogen-bond acceptors (Lipinski definition) is 1. The van der Waals surface area contributed by atoms with Gasteiger partial charge in [0, 0.05) is 33.2 Å². The normalized spacial score (nSPS) is 12.8. The lowest BCUT2D eigenvalue weighted by molar-refractivity contribution is 0.630. The molecule has 6 aromatic carbocycles. The highest BCUT2D eigenvalue weighted by Gasteiger charge is 2.36. The van der Waals surface area contributed by atoms with E-state index >= 15 is 0 Å². The summed E-state index contributed by atoms with van der Waals surface area (Å²) in [5, 5.41) is 2.57. The number of hydrogen-bond donors (Lipinski definition) is 0. The van der Waals surface area contributed by atoms with E-state index in [4.69, 9.17) is 0 Å². The monoisotopic (exact) mass is 556 g/mol. The van der Waals surface area contributed by atoms with Crippen molar-refractivity contribution in [1.29, 1.82) is 0 Å². The molecule has 8 rings (SSSR count). The van der Waals surface area contributed by atoms with Gasteiger partial charge in [0.1, 0.15) is 0 Å². The number of rotatable bonds is 4. The minimum Gasteiger partial charge on any atom is -0.310 e. The summed E-state index contributed by atoms with van der Waals surface area (Å²) in [4.78, 5) is 2.40. The van der Waals surface area contributed by atoms with Gasteiger partial charge in [-0.1, -0.05) is 125 Å². The fourth-order valence-corrected chi connectivity index (χ4v) is 6.74. The first kappa shape index (κ1) is 26.8. The first-order valence-corrected chi connectivity index (χ1v) is 15.3. The van der Waals surface area contributed by atoms with E-state index in [1.54, 1.807) is 0 Å². The van der Waals surface area contributed by atoms with Gasteiger partial charge in [0.15, 0.2) is 0 Å². The van der Waals surface area contributed by atoms with Crippen molar-refractivity contribution < 1.29 is 0 Å². The molecule has 0 saturated heterocycles. The first-order chi connectivity index (χ1) is 21.1. The lowest BCUT2D eigenvalue weighted by atomic mass is 9.74. The van der Waals surface area contributed by atoms with Gasteiger partial charge in [0.2, 0.25) is 0 Å². The Labute approximate surface area is 254 Å². The van der Waals surface area contributed by atoms with Gasteiger partial charge >= 0.3 is 0 Å². The van der Waals surface area contributed by atoms with E-state index in [0.29, 0.717) is 0 Å². The molecule has 2 heteroatoms. The van der Waals surface area contributed by atoms with E-state index in [-0.39, 0.29) is 5.41 Å². The SMILES string of the molecule is CC.CC1(C)c2ccccc2-n2c3ccccc3c3cc(N(c4ccccc4)c4ccc(-c5ccccc5)cc4)cc1c32. The maximum atomic E-state index is 2.48. The summed E-state index contributed by atoms with van der Waals surface area (Å²) in [6.07, 6.45) is 0. The van der Waals surface area contributed by atoms with E-state index < -0.39 is 0 Å². The van der Waals surface area contributed by atoms with E-state index in [1.807, 2.05) is 13.8 Å². The second-order valence-electron chi connectivity index (χ2n) is 11.5. The van der Waals surface area contributed by atoms with Crippen LogP contribution in [-0.2, 0) is 5.41 Å². The number of benzene rings is 6. The summed E-state index contributed by atoms with van der Waals surface area (Å²) in [6.45, 7) is 8.74. The molecule has 0 amide bonds. The molecule has 43 heavy (non-hydrogen) atoms. The molecule has 0 unspecified atom stereocenters. The maximum absolute atomic E-state index is 2.48. The summed E-state index contributed by atoms with van der Waals surface area (Å²) >= 11 is 0. The quantitative estimate of drug-likeness (QED) is 0.209. The van der Waals surface area contributed by atoms with Crippen molar-refractivity contribution in [2.45, 2.75) is 33.1 Å². The molecular weight excluding hydrogens is 520 g/mol. The van der Waals surface area contributed by atoms with Crippen molar-refractivity contribution in [3.05, 3.63) is 157 Å². The van der Waals surface area contributed by atoms with Crippen molar-refractivity contribution >= 4 is 38.9 Å². The Kier molecular flexibility index (Phi) is 6.63. The summed E-state index contributed by atoms with van der Waals surface area (Å²) in [7, 11) is 0. The fourth-order valence-electron chi connectivity index (χ4n) is 6.74. The zero-order valence-electron chi connectivity index (χ0n) is 25.3. The van der Waals surface area contributed by atoms with Gasteiger partial charge in [-0.15, -0.1) is 0 Å². The fraction of sp³-hybridized carbons (Fsp3) is 0.122. The van der Waals surface area contributed by atoms with Crippen LogP contribution in [0.4, 0.5) is 17.1 Å². The highest BCUT2D eigenvalue weighted by atomic mass is 15.1. The average molecular weight is 557 g/mol. The Morgan fingerprint density at radius 2 is 1.07 bits per heavy atom. The molecule has 0 N–H and O–H groups in total. The number of nitrogens with zero attached hydrogens (tertiary/aromatic N) is 2. The van der Waals surface area contributed by atoms with Gasteiger partial charge in [0.05, 0.1) is 16.7 Å². The molecule has 0 atom stereocenters. The zero-order chi connectivity index (χ0) is 29.6. The molecule has 2 heterocycles. The molecule has 0 radical (unpaired) electrons. The van der Waals surface area contributed by atoms with E-state index in [1.165, 1.54) is 55.4 Å². The van der Waals surface area contributed by atoms with Crippen LogP contribution >= 0.6 is 0 Å². The van der Waals surface area contributed by atoms with Crippen LogP contribution in [0.5, 0.6) is 0 Å². The lowest BCUT2D eigenvalue weighted by Gasteiger charge is -2.36. The topological polar surface area (TPSA) is 8.17 Å². The molecular formula is C41H36N2. The molecule has 1 aliphatic heterocycles. The van der Waals surface area contributed by atoms with Gasteiger partial charge < -0.3 is 9.47 Å². The first-order valence-electron chi connectivity index (χ1n) is 15.3. The third-order valence-corrected chi connectivity index (χ3v) is 8.75. The van der Waals surface area contributed by atoms with Gasteiger partial charge in [-0.05, 0) is 70.8 Å². The minimum absolute atomic E-state index is 0.158. The minimum atomic E-state index is -0.158. The zero-order valence-corrected chi connectivity index (χ0v) is 25.3. The van der Waals surface area contributed by atoms with Crippen LogP contribution in [0.3, 0.4) is 0 Å². The molecule has 0 bridgehead atoms. The van der Waals surface area contributed by atoms with Crippen molar-refractivity contribution in [1.82, 2.24) is 4.57 Å². The van der Waals surface area contributed by atoms with Gasteiger partial charge in [-0.25, -0.2) is 0 Å². The lowest BCUT2D eigenvalue weighted by Crippen LogP contribution is -2.26. The summed E-state index contributed by atoms with van der Waals surface area (Å²) in [5.41, 5.74) is 12.3. The van der Waals surface area contributed by atoms with Crippen molar-refractivity contribution in [2.75, 3.05) is 4.90 Å². The molecule has 0 spiro atoms. The molecule has 2 nitrogen and oxygen atoms in total. The summed E-state index contributed by atoms with van der Waals surface area (Å²) < 4.78 is 2.48. The second kappa shape index (κ2) is 10.6. The Morgan fingerprint density at radius 3 is 1.81 bits per heavy atom. The molecule has 7 aromatic rings. The number of fused-ring (bicyclic) bond motifs is 5. The van der Waals surface area contributed by atoms with Gasteiger partial charge in [-0.2, -0.15) is 0 Å². The Morgan fingerprint density at radius 1 is 0.488 bits per heavy atom. The van der Waals surface area contributed by atoms with Crippen LogP contribution in [0.1, 0.15) is 38.8 Å². The van der Waals surface area contributed by atoms with E-state index in [9.17, 15) is 0 Å². The standard InChI is InChI=1S/C39H30N2.C2H6/c1-39(2)34-18-10-12-20-37(34)41-36-19-11-9-17-32(36)33-25-31(26-35(39)38(33)41)40(29-15-7-4-8-16-29)30-23-21-28(22-24-30)27-13-5-3-6-14-27;1-2/h3-26H,1-2H3;1-2H3. The van der Waals surface area contributed by atoms with E-state index in [0.717, 1.165) is 11.4 Å². The molecule has 210 valence electrons. The van der Waals surface area contributed by atoms with Crippen LogP contribution < -0.4 is 4.90 Å². The van der Waals surface area contributed by atoms with Crippen LogP contribution in [0.15, 0.2) is 146 Å². The van der Waals surface area contributed by atoms with E-state index in [2.05, 4.69) is 169 Å². The molecule has 1 aliphatic rings. The Balaban J connectivity index is 0.00000147. The number of anilines is 3. The smallest absolute Gasteiger partial charge is 0.0583 e. The molecule has 1 aromatic heterocycles. The third kappa shape index (κ3) is 4.25. The summed E-state index contributed by atoms with van der Waals surface area (Å²) in [6, 6.07) is 52.8. The third-order valence-electron chi connectivity index (χ3n) is 8.75. The average Bonchev–Trinajstić information content (AvgIpc) is 3.41. The molecule has 0 aliphatic carbocycles. The van der Waals surface area contributed by atoms with Gasteiger partial charge in [0.25, 0.3) is 0 Å². The molecule has 0 saturated carbocycles. The predicted molar refractivity (Wildman–Crippen MR) is 184 cm³/mol. The second-order valence-corrected chi connectivity index (χ2v) is 11.5. The number of aromatic nitrogens is 1. The molecule has 0 fully saturated rings. The highest BCUT2D eigenvalue weighted by molar-refractivity contribution is 6.13. The van der Waals surface area contributed by atoms with Crippen LogP contribution in [-0.4, -0.2) is 4.57 Å². The number of para-hydroxylation sites is 3. The van der Waals surface area contributed by atoms with Crippen molar-refractivity contribution in [3.63, 3.8) is 0 Å². The van der Waals surface area contributed by atoms with Crippen LogP contribution in [0.25, 0.3) is 38.6 Å².